The molecule has 0 aliphatic heterocycles. The van der Waals surface area contributed by atoms with Crippen molar-refractivity contribution in [1.29, 1.82) is 0 Å². The molecule has 0 aliphatic carbocycles. The van der Waals surface area contributed by atoms with Crippen molar-refractivity contribution in [3.8, 4) is 11.4 Å². The van der Waals surface area contributed by atoms with E-state index in [1.807, 2.05) is 22.8 Å². The van der Waals surface area contributed by atoms with Gasteiger partial charge in [0.15, 0.2) is 10.6 Å². The number of nitrogens with zero attached hydrogens (tertiary/aromatic N) is 2. The lowest BCUT2D eigenvalue weighted by Gasteiger charge is -2.07. The third kappa shape index (κ3) is 2.69. The number of aromatic amines is 1. The van der Waals surface area contributed by atoms with E-state index < -0.39 is 0 Å². The third-order valence-corrected chi connectivity index (χ3v) is 3.84. The monoisotopic (exact) mass is 375 g/mol. The lowest BCUT2D eigenvalue weighted by atomic mass is 10.2. The van der Waals surface area contributed by atoms with Crippen molar-refractivity contribution in [2.75, 3.05) is 0 Å². The first-order valence-electron chi connectivity index (χ1n) is 5.24. The molecular formula is C11H11Br2N3S. The van der Waals surface area contributed by atoms with Gasteiger partial charge < -0.3 is 4.57 Å². The van der Waals surface area contributed by atoms with E-state index in [9.17, 15) is 0 Å². The van der Waals surface area contributed by atoms with Gasteiger partial charge in [-0.2, -0.15) is 5.10 Å². The number of hydrogen-bond donors (Lipinski definition) is 1. The average Bonchev–Trinajstić information content (AvgIpc) is 2.62. The average molecular weight is 377 g/mol. The zero-order valence-electron chi connectivity index (χ0n) is 9.20. The van der Waals surface area contributed by atoms with E-state index in [0.717, 1.165) is 33.3 Å². The summed E-state index contributed by atoms with van der Waals surface area (Å²) in [5.74, 6) is 0.872. The molecule has 90 valence electrons. The summed E-state index contributed by atoms with van der Waals surface area (Å²) in [6.07, 6.45) is 1.02. The second kappa shape index (κ2) is 5.46. The summed E-state index contributed by atoms with van der Waals surface area (Å²) < 4.78 is 4.71. The fourth-order valence-electron chi connectivity index (χ4n) is 1.63. The smallest absolute Gasteiger partial charge is 0.195 e. The lowest BCUT2D eigenvalue weighted by Crippen LogP contribution is -2.00. The summed E-state index contributed by atoms with van der Waals surface area (Å²) in [7, 11) is 0. The second-order valence-corrected chi connectivity index (χ2v) is 5.78. The van der Waals surface area contributed by atoms with Crippen LogP contribution < -0.4 is 0 Å². The molecular weight excluding hydrogens is 366 g/mol. The minimum absolute atomic E-state index is 0.664. The highest BCUT2D eigenvalue weighted by Gasteiger charge is 2.11. The topological polar surface area (TPSA) is 33.6 Å². The first kappa shape index (κ1) is 13.0. The molecule has 0 unspecified atom stereocenters. The van der Waals surface area contributed by atoms with Crippen LogP contribution in [-0.4, -0.2) is 14.8 Å². The molecule has 0 saturated heterocycles. The van der Waals surface area contributed by atoms with Crippen LogP contribution in [0.25, 0.3) is 11.4 Å². The molecule has 0 atom stereocenters. The van der Waals surface area contributed by atoms with Gasteiger partial charge in [-0.05, 0) is 52.8 Å². The zero-order chi connectivity index (χ0) is 12.4. The molecule has 1 N–H and O–H groups in total. The summed E-state index contributed by atoms with van der Waals surface area (Å²) in [4.78, 5) is 0. The van der Waals surface area contributed by atoms with Crippen molar-refractivity contribution in [3.05, 3.63) is 31.9 Å². The Labute approximate surface area is 122 Å². The van der Waals surface area contributed by atoms with E-state index >= 15 is 0 Å². The summed E-state index contributed by atoms with van der Waals surface area (Å²) >= 11 is 12.2. The van der Waals surface area contributed by atoms with E-state index in [1.165, 1.54) is 0 Å². The molecule has 1 aromatic heterocycles. The molecule has 0 fully saturated rings. The maximum absolute atomic E-state index is 5.23. The first-order chi connectivity index (χ1) is 8.13. The van der Waals surface area contributed by atoms with Gasteiger partial charge in [-0.25, -0.2) is 0 Å². The highest BCUT2D eigenvalue weighted by atomic mass is 79.9. The number of aromatic nitrogens is 3. The minimum atomic E-state index is 0.664. The van der Waals surface area contributed by atoms with E-state index in [-0.39, 0.29) is 0 Å². The van der Waals surface area contributed by atoms with Crippen LogP contribution in [0.2, 0.25) is 0 Å². The van der Waals surface area contributed by atoms with Gasteiger partial charge in [0.05, 0.1) is 0 Å². The molecule has 0 spiro atoms. The number of nitrogens with one attached hydrogen (secondary N) is 1. The Bertz CT molecular complexity index is 589. The van der Waals surface area contributed by atoms with Crippen LogP contribution in [0.5, 0.6) is 0 Å². The van der Waals surface area contributed by atoms with Crippen LogP contribution in [0.1, 0.15) is 13.3 Å². The number of benzene rings is 1. The number of hydrogen-bond acceptors (Lipinski definition) is 2. The van der Waals surface area contributed by atoms with Crippen molar-refractivity contribution in [1.82, 2.24) is 14.8 Å². The quantitative estimate of drug-likeness (QED) is 0.797. The van der Waals surface area contributed by atoms with E-state index in [2.05, 4.69) is 49.0 Å². The highest BCUT2D eigenvalue weighted by molar-refractivity contribution is 9.11. The summed E-state index contributed by atoms with van der Waals surface area (Å²) in [6.45, 7) is 2.99. The Morgan fingerprint density at radius 3 is 2.82 bits per heavy atom. The fraction of sp³-hybridized carbons (Fsp3) is 0.273. The molecule has 0 bridgehead atoms. The Morgan fingerprint density at radius 2 is 2.18 bits per heavy atom. The van der Waals surface area contributed by atoms with Crippen molar-refractivity contribution in [2.45, 2.75) is 19.9 Å². The molecule has 2 aromatic rings. The third-order valence-electron chi connectivity index (χ3n) is 2.38. The molecule has 1 heterocycles. The zero-order valence-corrected chi connectivity index (χ0v) is 13.2. The van der Waals surface area contributed by atoms with Gasteiger partial charge in [-0.15, -0.1) is 0 Å². The van der Waals surface area contributed by atoms with E-state index in [4.69, 9.17) is 12.2 Å². The van der Waals surface area contributed by atoms with Crippen molar-refractivity contribution in [2.24, 2.45) is 0 Å². The molecule has 17 heavy (non-hydrogen) atoms. The predicted octanol–water partition coefficient (Wildman–Crippen LogP) is 4.54. The van der Waals surface area contributed by atoms with Crippen LogP contribution in [-0.2, 0) is 6.54 Å². The summed E-state index contributed by atoms with van der Waals surface area (Å²) in [6, 6.07) is 6.02. The summed E-state index contributed by atoms with van der Waals surface area (Å²) in [5, 5.41) is 7.14. The highest BCUT2D eigenvalue weighted by Crippen LogP contribution is 2.29. The normalized spacial score (nSPS) is 10.8. The Balaban J connectivity index is 2.56. The Morgan fingerprint density at radius 1 is 1.41 bits per heavy atom. The van der Waals surface area contributed by atoms with Crippen LogP contribution >= 0.6 is 44.1 Å². The maximum Gasteiger partial charge on any atom is 0.195 e. The van der Waals surface area contributed by atoms with Gasteiger partial charge >= 0.3 is 0 Å². The molecule has 2 rings (SSSR count). The molecule has 0 aliphatic rings. The lowest BCUT2D eigenvalue weighted by molar-refractivity contribution is 0.674. The summed E-state index contributed by atoms with van der Waals surface area (Å²) in [5.41, 5.74) is 1.04. The van der Waals surface area contributed by atoms with Gasteiger partial charge in [0, 0.05) is 21.1 Å². The Kier molecular flexibility index (Phi) is 4.17. The van der Waals surface area contributed by atoms with Crippen molar-refractivity contribution < 1.29 is 0 Å². The largest absolute Gasteiger partial charge is 0.300 e. The molecule has 3 nitrogen and oxygen atoms in total. The molecule has 0 amide bonds. The molecule has 6 heteroatoms. The number of rotatable bonds is 3. The van der Waals surface area contributed by atoms with Crippen LogP contribution in [0.4, 0.5) is 0 Å². The molecule has 0 saturated carbocycles. The van der Waals surface area contributed by atoms with Crippen LogP contribution in [0.15, 0.2) is 27.1 Å². The molecule has 0 radical (unpaired) electrons. The van der Waals surface area contributed by atoms with Gasteiger partial charge in [0.25, 0.3) is 0 Å². The number of H-pyrrole nitrogens is 1. The standard InChI is InChI=1S/C11H11Br2N3S/c1-2-5-16-10(14-15-11(16)17)8-4-3-7(12)6-9(8)13/h3-4,6H,2,5H2,1H3,(H,15,17). The number of halogens is 2. The first-order valence-corrected chi connectivity index (χ1v) is 7.23. The van der Waals surface area contributed by atoms with Gasteiger partial charge in [-0.1, -0.05) is 22.9 Å². The fourth-order valence-corrected chi connectivity index (χ4v) is 3.07. The van der Waals surface area contributed by atoms with E-state index in [0.29, 0.717) is 4.77 Å². The van der Waals surface area contributed by atoms with Crippen molar-refractivity contribution in [3.63, 3.8) is 0 Å². The van der Waals surface area contributed by atoms with Crippen LogP contribution in [0, 0.1) is 4.77 Å². The van der Waals surface area contributed by atoms with E-state index in [1.54, 1.807) is 0 Å². The van der Waals surface area contributed by atoms with Gasteiger partial charge in [-0.3, -0.25) is 5.10 Å². The molecule has 1 aromatic carbocycles. The van der Waals surface area contributed by atoms with Crippen molar-refractivity contribution >= 4 is 44.1 Å². The second-order valence-electron chi connectivity index (χ2n) is 3.63. The maximum atomic E-state index is 5.23. The van der Waals surface area contributed by atoms with Gasteiger partial charge in [0.1, 0.15) is 0 Å². The predicted molar refractivity (Wildman–Crippen MR) is 78.5 cm³/mol. The minimum Gasteiger partial charge on any atom is -0.300 e. The van der Waals surface area contributed by atoms with Gasteiger partial charge in [0.2, 0.25) is 0 Å². The SMILES string of the molecule is CCCn1c(-c2ccc(Br)cc2Br)n[nH]c1=S. The van der Waals surface area contributed by atoms with Crippen LogP contribution in [0.3, 0.4) is 0 Å². The Hall–Kier alpha value is -0.460.